The van der Waals surface area contributed by atoms with Crippen molar-refractivity contribution < 1.29 is 19.0 Å². The van der Waals surface area contributed by atoms with E-state index in [0.29, 0.717) is 0 Å². The number of methoxy groups -OCH3 is 1. The molecule has 1 aromatic rings. The Labute approximate surface area is 91.4 Å². The van der Waals surface area contributed by atoms with E-state index in [0.717, 1.165) is 6.07 Å². The molecule has 0 saturated carbocycles. The zero-order valence-electron chi connectivity index (χ0n) is 8.25. The molecule has 15 heavy (non-hydrogen) atoms. The number of hydrogen-bond donors (Lipinski definition) is 1. The average molecular weight is 233 g/mol. The van der Waals surface area contributed by atoms with Crippen LogP contribution in [0.2, 0.25) is 5.02 Å². The molecule has 3 nitrogen and oxygen atoms in total. The summed E-state index contributed by atoms with van der Waals surface area (Å²) in [5, 5.41) is 8.63. The first kappa shape index (κ1) is 11.8. The summed E-state index contributed by atoms with van der Waals surface area (Å²) >= 11 is 5.70. The van der Waals surface area contributed by atoms with Gasteiger partial charge in [-0.1, -0.05) is 11.6 Å². The minimum absolute atomic E-state index is 0.159. The fraction of sp³-hybridized carbons (Fsp3) is 0.300. The quantitative estimate of drug-likeness (QED) is 0.872. The number of carboxylic acid groups (broad SMARTS) is 1. The predicted molar refractivity (Wildman–Crippen MR) is 54.0 cm³/mol. The number of rotatable bonds is 3. The van der Waals surface area contributed by atoms with E-state index in [9.17, 15) is 9.18 Å². The van der Waals surface area contributed by atoms with Crippen molar-refractivity contribution in [2.75, 3.05) is 7.11 Å². The Morgan fingerprint density at radius 3 is 2.67 bits per heavy atom. The fourth-order valence-electron chi connectivity index (χ4n) is 1.25. The summed E-state index contributed by atoms with van der Waals surface area (Å²) in [7, 11) is 1.38. The number of aliphatic carboxylic acids is 1. The van der Waals surface area contributed by atoms with E-state index in [2.05, 4.69) is 0 Å². The Hall–Kier alpha value is -1.29. The standard InChI is InChI=1S/C10H10ClFO3/c1-5(10(13)14)8-7(15-2)4-3-6(12)9(8)11/h3-5H,1-2H3,(H,13,14). The van der Waals surface area contributed by atoms with Crippen LogP contribution >= 0.6 is 11.6 Å². The van der Waals surface area contributed by atoms with Crippen molar-refractivity contribution in [3.63, 3.8) is 0 Å². The maximum atomic E-state index is 13.1. The summed E-state index contributed by atoms with van der Waals surface area (Å²) in [5.41, 5.74) is 0.159. The Kier molecular flexibility index (Phi) is 3.52. The molecule has 0 aromatic heterocycles. The lowest BCUT2D eigenvalue weighted by molar-refractivity contribution is -0.138. The molecule has 0 radical (unpaired) electrons. The van der Waals surface area contributed by atoms with E-state index in [1.54, 1.807) is 0 Å². The maximum absolute atomic E-state index is 13.1. The molecule has 0 saturated heterocycles. The number of ether oxygens (including phenoxy) is 1. The summed E-state index contributed by atoms with van der Waals surface area (Å²) in [5.74, 6) is -2.37. The van der Waals surface area contributed by atoms with Crippen molar-refractivity contribution in [3.05, 3.63) is 28.5 Å². The highest BCUT2D eigenvalue weighted by molar-refractivity contribution is 6.32. The van der Waals surface area contributed by atoms with Crippen molar-refractivity contribution in [3.8, 4) is 5.75 Å². The van der Waals surface area contributed by atoms with Gasteiger partial charge in [-0.3, -0.25) is 4.79 Å². The molecule has 1 unspecified atom stereocenters. The SMILES string of the molecule is COc1ccc(F)c(Cl)c1C(C)C(=O)O. The van der Waals surface area contributed by atoms with Gasteiger partial charge in [0.15, 0.2) is 0 Å². The van der Waals surface area contributed by atoms with Crippen molar-refractivity contribution in [2.45, 2.75) is 12.8 Å². The lowest BCUT2D eigenvalue weighted by Gasteiger charge is -2.14. The van der Waals surface area contributed by atoms with Gasteiger partial charge in [0.25, 0.3) is 0 Å². The first-order valence-corrected chi connectivity index (χ1v) is 4.61. The van der Waals surface area contributed by atoms with Crippen LogP contribution < -0.4 is 4.74 Å². The molecule has 1 N–H and O–H groups in total. The molecule has 0 amide bonds. The van der Waals surface area contributed by atoms with E-state index >= 15 is 0 Å². The number of benzene rings is 1. The van der Waals surface area contributed by atoms with Gasteiger partial charge in [-0.25, -0.2) is 4.39 Å². The van der Waals surface area contributed by atoms with Gasteiger partial charge in [0.1, 0.15) is 11.6 Å². The van der Waals surface area contributed by atoms with Crippen LogP contribution in [-0.2, 0) is 4.79 Å². The van der Waals surface area contributed by atoms with E-state index < -0.39 is 17.7 Å². The third-order valence-corrected chi connectivity index (χ3v) is 2.50. The molecule has 0 bridgehead atoms. The van der Waals surface area contributed by atoms with Gasteiger partial charge in [0.05, 0.1) is 18.1 Å². The maximum Gasteiger partial charge on any atom is 0.310 e. The highest BCUT2D eigenvalue weighted by Gasteiger charge is 2.23. The summed E-state index contributed by atoms with van der Waals surface area (Å²) in [6.07, 6.45) is 0. The summed E-state index contributed by atoms with van der Waals surface area (Å²) < 4.78 is 18.1. The summed E-state index contributed by atoms with van der Waals surface area (Å²) in [6.45, 7) is 1.42. The molecule has 0 spiro atoms. The Morgan fingerprint density at radius 1 is 1.60 bits per heavy atom. The fourth-order valence-corrected chi connectivity index (χ4v) is 1.57. The zero-order chi connectivity index (χ0) is 11.6. The molecular formula is C10H10ClFO3. The average Bonchev–Trinajstić information content (AvgIpc) is 2.20. The predicted octanol–water partition coefficient (Wildman–Crippen LogP) is 2.68. The van der Waals surface area contributed by atoms with Crippen molar-refractivity contribution in [1.29, 1.82) is 0 Å². The molecule has 1 atom stereocenters. The van der Waals surface area contributed by atoms with E-state index in [1.807, 2.05) is 0 Å². The minimum Gasteiger partial charge on any atom is -0.496 e. The van der Waals surface area contributed by atoms with Gasteiger partial charge >= 0.3 is 5.97 Å². The topological polar surface area (TPSA) is 46.5 Å². The number of carboxylic acids is 1. The van der Waals surface area contributed by atoms with Gasteiger partial charge in [-0.05, 0) is 19.1 Å². The smallest absolute Gasteiger partial charge is 0.310 e. The monoisotopic (exact) mass is 232 g/mol. The van der Waals surface area contributed by atoms with Crippen LogP contribution in [0.25, 0.3) is 0 Å². The second kappa shape index (κ2) is 4.49. The third-order valence-electron chi connectivity index (χ3n) is 2.12. The van der Waals surface area contributed by atoms with Crippen LogP contribution in [0.5, 0.6) is 5.75 Å². The molecule has 0 fully saturated rings. The molecule has 1 rings (SSSR count). The second-order valence-electron chi connectivity index (χ2n) is 3.04. The molecule has 1 aromatic carbocycles. The third kappa shape index (κ3) is 2.21. The second-order valence-corrected chi connectivity index (χ2v) is 3.42. The summed E-state index contributed by atoms with van der Waals surface area (Å²) in [6, 6.07) is 2.50. The highest BCUT2D eigenvalue weighted by atomic mass is 35.5. The van der Waals surface area contributed by atoms with Gasteiger partial charge in [0.2, 0.25) is 0 Å². The van der Waals surface area contributed by atoms with Crippen molar-refractivity contribution >= 4 is 17.6 Å². The zero-order valence-corrected chi connectivity index (χ0v) is 9.01. The number of hydrogen-bond acceptors (Lipinski definition) is 2. The Bertz CT molecular complexity index is 392. The number of carbonyl (C=O) groups is 1. The Balaban J connectivity index is 3.35. The molecular weight excluding hydrogens is 223 g/mol. The molecule has 0 heterocycles. The first-order chi connectivity index (χ1) is 6.99. The van der Waals surface area contributed by atoms with Crippen molar-refractivity contribution in [1.82, 2.24) is 0 Å². The lowest BCUT2D eigenvalue weighted by Crippen LogP contribution is -2.10. The van der Waals surface area contributed by atoms with Gasteiger partial charge in [-0.15, -0.1) is 0 Å². The normalized spacial score (nSPS) is 12.3. The minimum atomic E-state index is -1.08. The summed E-state index contributed by atoms with van der Waals surface area (Å²) in [4.78, 5) is 10.8. The lowest BCUT2D eigenvalue weighted by atomic mass is 10.00. The van der Waals surface area contributed by atoms with Crippen LogP contribution in [-0.4, -0.2) is 18.2 Å². The van der Waals surface area contributed by atoms with Crippen LogP contribution in [0, 0.1) is 5.82 Å². The molecule has 5 heteroatoms. The largest absolute Gasteiger partial charge is 0.496 e. The van der Waals surface area contributed by atoms with E-state index in [1.165, 1.54) is 20.1 Å². The van der Waals surface area contributed by atoms with Crippen LogP contribution in [0.1, 0.15) is 18.4 Å². The number of halogens is 2. The van der Waals surface area contributed by atoms with Crippen LogP contribution in [0.4, 0.5) is 4.39 Å². The molecule has 0 aliphatic rings. The Morgan fingerprint density at radius 2 is 2.20 bits per heavy atom. The van der Waals surface area contributed by atoms with Crippen molar-refractivity contribution in [2.24, 2.45) is 0 Å². The van der Waals surface area contributed by atoms with E-state index in [4.69, 9.17) is 21.4 Å². The van der Waals surface area contributed by atoms with Crippen LogP contribution in [0.15, 0.2) is 12.1 Å². The first-order valence-electron chi connectivity index (χ1n) is 4.23. The highest BCUT2D eigenvalue weighted by Crippen LogP contribution is 2.35. The molecule has 82 valence electrons. The molecule has 0 aliphatic carbocycles. The van der Waals surface area contributed by atoms with Crippen LogP contribution in [0.3, 0.4) is 0 Å². The van der Waals surface area contributed by atoms with Gasteiger partial charge < -0.3 is 9.84 Å². The van der Waals surface area contributed by atoms with E-state index in [-0.39, 0.29) is 16.3 Å². The van der Waals surface area contributed by atoms with Gasteiger partial charge in [-0.2, -0.15) is 0 Å². The molecule has 0 aliphatic heterocycles. The van der Waals surface area contributed by atoms with Gasteiger partial charge in [0, 0.05) is 5.56 Å².